The number of aromatic nitrogens is 3. The number of anilines is 1. The Morgan fingerprint density at radius 2 is 1.97 bits per heavy atom. The number of halogens is 2. The number of hydrogen-bond donors (Lipinski definition) is 3. The number of aromatic hydroxyl groups is 1. The molecule has 1 aromatic carbocycles. The summed E-state index contributed by atoms with van der Waals surface area (Å²) in [5, 5.41) is 30.0. The fourth-order valence-electron chi connectivity index (χ4n) is 3.73. The van der Waals surface area contributed by atoms with Crippen LogP contribution in [0.15, 0.2) is 48.7 Å². The summed E-state index contributed by atoms with van der Waals surface area (Å²) in [4.78, 5) is 15.3. The van der Waals surface area contributed by atoms with Crippen LogP contribution >= 0.6 is 0 Å². The van der Waals surface area contributed by atoms with E-state index in [9.17, 15) is 18.7 Å². The van der Waals surface area contributed by atoms with E-state index < -0.39 is 29.9 Å². The van der Waals surface area contributed by atoms with Gasteiger partial charge in [-0.05, 0) is 55.3 Å². The minimum Gasteiger partial charge on any atom is -0.507 e. The molecule has 2 aromatic heterocycles. The molecule has 4 rings (SSSR count). The molecule has 1 aliphatic rings. The van der Waals surface area contributed by atoms with Crippen LogP contribution in [-0.2, 0) is 0 Å². The molecule has 0 radical (unpaired) electrons. The van der Waals surface area contributed by atoms with Crippen molar-refractivity contribution >= 4 is 11.8 Å². The highest BCUT2D eigenvalue weighted by Crippen LogP contribution is 2.38. The number of hydrogen-bond acceptors (Lipinski definition) is 6. The lowest BCUT2D eigenvalue weighted by Gasteiger charge is -2.20. The zero-order valence-corrected chi connectivity index (χ0v) is 15.7. The van der Waals surface area contributed by atoms with Crippen LogP contribution < -0.4 is 5.32 Å². The molecule has 1 saturated carbocycles. The highest BCUT2D eigenvalue weighted by molar-refractivity contribution is 5.92. The van der Waals surface area contributed by atoms with E-state index in [2.05, 4.69) is 20.5 Å². The highest BCUT2D eigenvalue weighted by Gasteiger charge is 2.37. The fourth-order valence-corrected chi connectivity index (χ4v) is 3.73. The van der Waals surface area contributed by atoms with Gasteiger partial charge in [-0.15, -0.1) is 10.2 Å². The first-order chi connectivity index (χ1) is 14.4. The lowest BCUT2D eigenvalue weighted by Crippen LogP contribution is -2.24. The lowest BCUT2D eigenvalue weighted by molar-refractivity contribution is 0.0693. The first-order valence-corrected chi connectivity index (χ1v) is 9.34. The van der Waals surface area contributed by atoms with Gasteiger partial charge >= 0.3 is 5.97 Å². The van der Waals surface area contributed by atoms with Crippen molar-refractivity contribution in [2.24, 2.45) is 0 Å². The summed E-state index contributed by atoms with van der Waals surface area (Å²) in [6.45, 7) is 0. The smallest absolute Gasteiger partial charge is 0.339 e. The van der Waals surface area contributed by atoms with Gasteiger partial charge in [-0.3, -0.25) is 4.98 Å². The third kappa shape index (κ3) is 3.91. The standard InChI is InChI=1S/C21H18F2N4O3/c22-12-9-13(20-15(23)2-1-7-24-20)17(10-12)25-19-6-4-16(26-27-19)11-3-5-18(28)14(8-11)21(29)30/h1-8,12-13,17,28H,9-10H2,(H,25,27)(H,29,30)/t12-,13?,17?/m1/s1. The van der Waals surface area contributed by atoms with Crippen molar-refractivity contribution in [1.82, 2.24) is 15.2 Å². The number of alkyl halides is 1. The van der Waals surface area contributed by atoms with Crippen LogP contribution in [0.3, 0.4) is 0 Å². The Bertz CT molecular complexity index is 1080. The van der Waals surface area contributed by atoms with Gasteiger partial charge in [0.15, 0.2) is 0 Å². The van der Waals surface area contributed by atoms with Crippen LogP contribution in [-0.4, -0.2) is 43.6 Å². The van der Waals surface area contributed by atoms with Gasteiger partial charge in [0.05, 0.1) is 11.4 Å². The normalized spacial score (nSPS) is 20.8. The Labute approximate surface area is 170 Å². The number of phenols is 1. The average Bonchev–Trinajstić information content (AvgIpc) is 3.09. The molecule has 1 aliphatic carbocycles. The molecule has 3 aromatic rings. The van der Waals surface area contributed by atoms with Crippen molar-refractivity contribution in [3.63, 3.8) is 0 Å². The third-order valence-electron chi connectivity index (χ3n) is 5.16. The molecule has 0 spiro atoms. The van der Waals surface area contributed by atoms with Crippen LogP contribution in [0.1, 0.15) is 34.8 Å². The Kier molecular flexibility index (Phi) is 5.26. The average molecular weight is 412 g/mol. The molecule has 2 unspecified atom stereocenters. The third-order valence-corrected chi connectivity index (χ3v) is 5.16. The first kappa shape index (κ1) is 19.7. The van der Waals surface area contributed by atoms with E-state index in [1.54, 1.807) is 12.1 Å². The van der Waals surface area contributed by atoms with Crippen molar-refractivity contribution in [1.29, 1.82) is 0 Å². The number of rotatable bonds is 5. The number of pyridine rings is 1. The van der Waals surface area contributed by atoms with E-state index in [0.717, 1.165) is 0 Å². The number of nitrogens with zero attached hydrogens (tertiary/aromatic N) is 3. The fraction of sp³-hybridized carbons (Fsp3) is 0.238. The zero-order chi connectivity index (χ0) is 21.3. The van der Waals surface area contributed by atoms with E-state index in [4.69, 9.17) is 5.11 Å². The summed E-state index contributed by atoms with van der Waals surface area (Å²) < 4.78 is 28.2. The highest BCUT2D eigenvalue weighted by atomic mass is 19.1. The topological polar surface area (TPSA) is 108 Å². The largest absolute Gasteiger partial charge is 0.507 e. The Hall–Kier alpha value is -3.62. The monoisotopic (exact) mass is 412 g/mol. The maximum Gasteiger partial charge on any atom is 0.339 e. The summed E-state index contributed by atoms with van der Waals surface area (Å²) in [5.74, 6) is -2.11. The van der Waals surface area contributed by atoms with Gasteiger partial charge in [-0.25, -0.2) is 13.6 Å². The summed E-state index contributed by atoms with van der Waals surface area (Å²) in [7, 11) is 0. The molecular formula is C21H18F2N4O3. The zero-order valence-electron chi connectivity index (χ0n) is 15.7. The van der Waals surface area contributed by atoms with Crippen molar-refractivity contribution in [3.05, 3.63) is 65.7 Å². The first-order valence-electron chi connectivity index (χ1n) is 9.34. The van der Waals surface area contributed by atoms with Crippen molar-refractivity contribution in [2.75, 3.05) is 5.32 Å². The molecule has 3 atom stereocenters. The van der Waals surface area contributed by atoms with Crippen LogP contribution in [0.5, 0.6) is 5.75 Å². The van der Waals surface area contributed by atoms with E-state index in [1.165, 1.54) is 36.5 Å². The molecule has 1 fully saturated rings. The Morgan fingerprint density at radius 3 is 2.67 bits per heavy atom. The minimum absolute atomic E-state index is 0.169. The van der Waals surface area contributed by atoms with E-state index >= 15 is 0 Å². The molecule has 0 bridgehead atoms. The molecule has 2 heterocycles. The van der Waals surface area contributed by atoms with Gasteiger partial charge in [-0.1, -0.05) is 0 Å². The van der Waals surface area contributed by atoms with Crippen molar-refractivity contribution in [3.8, 4) is 17.0 Å². The summed E-state index contributed by atoms with van der Waals surface area (Å²) in [6, 6.07) is 9.78. The maximum atomic E-state index is 14.1. The second-order valence-electron chi connectivity index (χ2n) is 7.14. The van der Waals surface area contributed by atoms with Gasteiger partial charge in [0.1, 0.15) is 29.1 Å². The number of nitrogens with one attached hydrogen (secondary N) is 1. The molecule has 154 valence electrons. The second kappa shape index (κ2) is 8.02. The number of carboxylic acid groups (broad SMARTS) is 1. The minimum atomic E-state index is -1.25. The van der Waals surface area contributed by atoms with Crippen LogP contribution in [0.2, 0.25) is 0 Å². The van der Waals surface area contributed by atoms with Crippen LogP contribution in [0.4, 0.5) is 14.6 Å². The van der Waals surface area contributed by atoms with E-state index in [1.807, 2.05) is 0 Å². The van der Waals surface area contributed by atoms with Crippen LogP contribution in [0.25, 0.3) is 11.3 Å². The molecule has 30 heavy (non-hydrogen) atoms. The number of benzene rings is 1. The summed E-state index contributed by atoms with van der Waals surface area (Å²) in [5.41, 5.74) is 0.870. The quantitative estimate of drug-likeness (QED) is 0.585. The molecule has 0 aliphatic heterocycles. The number of carbonyl (C=O) groups is 1. The molecule has 0 saturated heterocycles. The van der Waals surface area contributed by atoms with Crippen molar-refractivity contribution < 1.29 is 23.8 Å². The van der Waals surface area contributed by atoms with Crippen molar-refractivity contribution in [2.45, 2.75) is 31.0 Å². The number of aromatic carboxylic acids is 1. The SMILES string of the molecule is O=C(O)c1cc(-c2ccc(NC3C[C@H](F)CC3c3ncccc3F)nn2)ccc1O. The van der Waals surface area contributed by atoms with Gasteiger partial charge < -0.3 is 15.5 Å². The Balaban J connectivity index is 1.54. The van der Waals surface area contributed by atoms with Gasteiger partial charge in [0, 0.05) is 23.7 Å². The summed E-state index contributed by atoms with van der Waals surface area (Å²) >= 11 is 0. The number of carboxylic acids is 1. The predicted molar refractivity (Wildman–Crippen MR) is 105 cm³/mol. The van der Waals surface area contributed by atoms with Gasteiger partial charge in [-0.2, -0.15) is 0 Å². The predicted octanol–water partition coefficient (Wildman–Crippen LogP) is 3.78. The van der Waals surface area contributed by atoms with Gasteiger partial charge in [0.25, 0.3) is 0 Å². The summed E-state index contributed by atoms with van der Waals surface area (Å²) in [6.07, 6.45) is 0.776. The molecule has 3 N–H and O–H groups in total. The van der Waals surface area contributed by atoms with E-state index in [0.29, 0.717) is 17.1 Å². The second-order valence-corrected chi connectivity index (χ2v) is 7.14. The molecule has 9 heteroatoms. The molecular weight excluding hydrogens is 394 g/mol. The van der Waals surface area contributed by atoms with Crippen LogP contribution in [0, 0.1) is 5.82 Å². The molecule has 7 nitrogen and oxygen atoms in total. The molecule has 0 amide bonds. The maximum absolute atomic E-state index is 14.1. The van der Waals surface area contributed by atoms with E-state index in [-0.39, 0.29) is 29.8 Å². The van der Waals surface area contributed by atoms with Gasteiger partial charge in [0.2, 0.25) is 0 Å². The lowest BCUT2D eigenvalue weighted by atomic mass is 9.98. The Morgan fingerprint density at radius 1 is 1.13 bits per heavy atom.